The molecular weight excluding hydrogens is 422 g/mol. The Bertz CT molecular complexity index is 1380. The lowest BCUT2D eigenvalue weighted by Crippen LogP contribution is -2.41. The maximum absolute atomic E-state index is 13.1. The molecule has 1 fully saturated rings. The molecule has 3 aromatic carbocycles. The van der Waals surface area contributed by atoms with Crippen LogP contribution in [0.15, 0.2) is 71.4 Å². The standard InChI is InChI=1S/C30H31NO3/c1-4-33-28-18-29-26(17-25(28)20(2)16-30(32)31-15-8-7-10-21(31)3)27(19-34-29)24-14-9-12-22-11-5-6-13-23(22)24/h5-6,9,11-14,16-19,21H,4,7-8,10,15H2,1-3H3/b20-16+. The highest BCUT2D eigenvalue weighted by molar-refractivity contribution is 6.06. The molecule has 0 bridgehead atoms. The Hall–Kier alpha value is -3.53. The SMILES string of the molecule is CCOc1cc2occ(-c3cccc4ccccc34)c2cc1/C(C)=C/C(=O)N1CCCCC1C. The molecule has 4 aromatic rings. The highest BCUT2D eigenvalue weighted by atomic mass is 16.5. The van der Waals surface area contributed by atoms with Gasteiger partial charge in [-0.05, 0) is 68.0 Å². The molecule has 1 atom stereocenters. The molecule has 1 unspecified atom stereocenters. The molecule has 0 N–H and O–H groups in total. The van der Waals surface area contributed by atoms with Crippen LogP contribution in [0.5, 0.6) is 5.75 Å². The zero-order valence-electron chi connectivity index (χ0n) is 20.1. The molecule has 1 aliphatic heterocycles. The van der Waals surface area contributed by atoms with Crippen molar-refractivity contribution in [2.45, 2.75) is 46.1 Å². The summed E-state index contributed by atoms with van der Waals surface area (Å²) in [4.78, 5) is 15.1. The van der Waals surface area contributed by atoms with Crippen LogP contribution >= 0.6 is 0 Å². The third-order valence-corrected chi connectivity index (χ3v) is 6.91. The van der Waals surface area contributed by atoms with E-state index in [1.807, 2.05) is 31.1 Å². The number of furan rings is 1. The van der Waals surface area contributed by atoms with Crippen LogP contribution in [0.25, 0.3) is 38.4 Å². The largest absolute Gasteiger partial charge is 0.493 e. The summed E-state index contributed by atoms with van der Waals surface area (Å²) in [6, 6.07) is 19.1. The fourth-order valence-corrected chi connectivity index (χ4v) is 5.08. The molecule has 0 radical (unpaired) electrons. The van der Waals surface area contributed by atoms with Gasteiger partial charge in [0.25, 0.3) is 0 Å². The number of hydrogen-bond acceptors (Lipinski definition) is 3. The van der Waals surface area contributed by atoms with Gasteiger partial charge in [-0.15, -0.1) is 0 Å². The van der Waals surface area contributed by atoms with Crippen molar-refractivity contribution in [2.75, 3.05) is 13.2 Å². The second kappa shape index (κ2) is 9.38. The van der Waals surface area contributed by atoms with Gasteiger partial charge in [0.1, 0.15) is 11.3 Å². The lowest BCUT2D eigenvalue weighted by molar-refractivity contribution is -0.129. The molecule has 1 amide bonds. The molecule has 34 heavy (non-hydrogen) atoms. The number of piperidine rings is 1. The van der Waals surface area contributed by atoms with Gasteiger partial charge in [0.05, 0.1) is 12.9 Å². The molecule has 2 heterocycles. The predicted molar refractivity (Wildman–Crippen MR) is 139 cm³/mol. The summed E-state index contributed by atoms with van der Waals surface area (Å²) < 4.78 is 12.0. The van der Waals surface area contributed by atoms with Crippen LogP contribution in [0.4, 0.5) is 0 Å². The summed E-state index contributed by atoms with van der Waals surface area (Å²) in [5.74, 6) is 0.816. The van der Waals surface area contributed by atoms with Crippen molar-refractivity contribution in [1.29, 1.82) is 0 Å². The van der Waals surface area contributed by atoms with Gasteiger partial charge in [0.2, 0.25) is 5.91 Å². The number of fused-ring (bicyclic) bond motifs is 2. The van der Waals surface area contributed by atoms with Gasteiger partial charge in [-0.2, -0.15) is 0 Å². The van der Waals surface area contributed by atoms with Crippen molar-refractivity contribution in [1.82, 2.24) is 4.90 Å². The van der Waals surface area contributed by atoms with Crippen molar-refractivity contribution >= 4 is 33.2 Å². The Balaban J connectivity index is 1.61. The van der Waals surface area contributed by atoms with E-state index in [1.165, 1.54) is 17.2 Å². The van der Waals surface area contributed by atoms with Crippen LogP contribution in [0.1, 0.15) is 45.6 Å². The number of ether oxygens (including phenoxy) is 1. The van der Waals surface area contributed by atoms with Gasteiger partial charge in [-0.25, -0.2) is 0 Å². The lowest BCUT2D eigenvalue weighted by Gasteiger charge is -2.32. The van der Waals surface area contributed by atoms with Crippen molar-refractivity contribution in [3.8, 4) is 16.9 Å². The fourth-order valence-electron chi connectivity index (χ4n) is 5.08. The maximum atomic E-state index is 13.1. The Labute approximate surface area is 200 Å². The van der Waals surface area contributed by atoms with E-state index in [2.05, 4.69) is 55.5 Å². The number of carbonyl (C=O) groups excluding carboxylic acids is 1. The molecule has 1 aromatic heterocycles. The van der Waals surface area contributed by atoms with Crippen molar-refractivity contribution in [3.63, 3.8) is 0 Å². The Morgan fingerprint density at radius 2 is 1.91 bits per heavy atom. The molecule has 4 nitrogen and oxygen atoms in total. The van der Waals surface area contributed by atoms with Crippen LogP contribution in [0, 0.1) is 0 Å². The minimum absolute atomic E-state index is 0.0775. The Kier molecular flexibility index (Phi) is 6.14. The molecule has 0 saturated carbocycles. The zero-order chi connectivity index (χ0) is 23.7. The number of allylic oxidation sites excluding steroid dienone is 1. The minimum atomic E-state index is 0.0775. The summed E-state index contributed by atoms with van der Waals surface area (Å²) in [6.07, 6.45) is 6.92. The zero-order valence-corrected chi connectivity index (χ0v) is 20.1. The maximum Gasteiger partial charge on any atom is 0.247 e. The predicted octanol–water partition coefficient (Wildman–Crippen LogP) is 7.46. The van der Waals surface area contributed by atoms with Crippen molar-refractivity contribution in [3.05, 3.63) is 72.5 Å². The fraction of sp³-hybridized carbons (Fsp3) is 0.300. The molecule has 1 saturated heterocycles. The average Bonchev–Trinajstić information content (AvgIpc) is 3.26. The molecule has 0 aliphatic carbocycles. The molecule has 174 valence electrons. The number of carbonyl (C=O) groups is 1. The smallest absolute Gasteiger partial charge is 0.247 e. The highest BCUT2D eigenvalue weighted by Crippen LogP contribution is 2.39. The van der Waals surface area contributed by atoms with Gasteiger partial charge in [-0.3, -0.25) is 4.79 Å². The summed E-state index contributed by atoms with van der Waals surface area (Å²) in [5, 5.41) is 3.39. The summed E-state index contributed by atoms with van der Waals surface area (Å²) in [5.41, 5.74) is 4.78. The van der Waals surface area contributed by atoms with Crippen LogP contribution in [-0.4, -0.2) is 30.0 Å². The van der Waals surface area contributed by atoms with Crippen LogP contribution in [-0.2, 0) is 4.79 Å². The first-order chi connectivity index (χ1) is 16.6. The van der Waals surface area contributed by atoms with Crippen molar-refractivity contribution in [2.24, 2.45) is 0 Å². The quantitative estimate of drug-likeness (QED) is 0.295. The number of likely N-dealkylation sites (tertiary alicyclic amines) is 1. The minimum Gasteiger partial charge on any atom is -0.493 e. The first-order valence-electron chi connectivity index (χ1n) is 12.2. The van der Waals surface area contributed by atoms with Crippen LogP contribution in [0.2, 0.25) is 0 Å². The van der Waals surface area contributed by atoms with Crippen LogP contribution < -0.4 is 4.74 Å². The lowest BCUT2D eigenvalue weighted by atomic mass is 9.95. The van der Waals surface area contributed by atoms with E-state index in [-0.39, 0.29) is 11.9 Å². The topological polar surface area (TPSA) is 42.7 Å². The van der Waals surface area contributed by atoms with Crippen molar-refractivity contribution < 1.29 is 13.9 Å². The third kappa shape index (κ3) is 4.09. The van der Waals surface area contributed by atoms with E-state index in [4.69, 9.17) is 9.15 Å². The summed E-state index contributed by atoms with van der Waals surface area (Å²) in [6.45, 7) is 7.47. The average molecular weight is 454 g/mol. The Morgan fingerprint density at radius 1 is 1.09 bits per heavy atom. The van der Waals surface area contributed by atoms with Gasteiger partial charge in [0.15, 0.2) is 0 Å². The van der Waals surface area contributed by atoms with Crippen LogP contribution in [0.3, 0.4) is 0 Å². The summed E-state index contributed by atoms with van der Waals surface area (Å²) >= 11 is 0. The van der Waals surface area contributed by atoms with Gasteiger partial charge >= 0.3 is 0 Å². The van der Waals surface area contributed by atoms with E-state index in [0.717, 1.165) is 58.4 Å². The van der Waals surface area contributed by atoms with E-state index < -0.39 is 0 Å². The van der Waals surface area contributed by atoms with E-state index in [1.54, 1.807) is 6.08 Å². The Morgan fingerprint density at radius 3 is 2.74 bits per heavy atom. The molecule has 4 heteroatoms. The molecular formula is C30H31NO3. The normalized spacial score (nSPS) is 16.9. The molecule has 5 rings (SSSR count). The van der Waals surface area contributed by atoms with E-state index in [0.29, 0.717) is 6.61 Å². The number of benzene rings is 3. The monoisotopic (exact) mass is 453 g/mol. The first kappa shape index (κ1) is 22.3. The molecule has 0 spiro atoms. The third-order valence-electron chi connectivity index (χ3n) is 6.91. The van der Waals surface area contributed by atoms with Gasteiger partial charge < -0.3 is 14.1 Å². The second-order valence-electron chi connectivity index (χ2n) is 9.16. The highest BCUT2D eigenvalue weighted by Gasteiger charge is 2.23. The summed E-state index contributed by atoms with van der Waals surface area (Å²) in [7, 11) is 0. The second-order valence-corrected chi connectivity index (χ2v) is 9.16. The van der Waals surface area contributed by atoms with E-state index >= 15 is 0 Å². The van der Waals surface area contributed by atoms with Gasteiger partial charge in [-0.1, -0.05) is 42.5 Å². The van der Waals surface area contributed by atoms with E-state index in [9.17, 15) is 4.79 Å². The first-order valence-corrected chi connectivity index (χ1v) is 12.2. The number of hydrogen-bond donors (Lipinski definition) is 0. The number of rotatable bonds is 5. The number of amides is 1. The molecule has 1 aliphatic rings. The number of nitrogens with zero attached hydrogens (tertiary/aromatic N) is 1. The van der Waals surface area contributed by atoms with Gasteiger partial charge in [0, 0.05) is 41.2 Å².